The van der Waals surface area contributed by atoms with E-state index < -0.39 is 5.97 Å². The SMILES string of the molecule is CCOC(=O)c1nnn(CC2CC2)c1-c1ccc(F)cc1. The molecule has 3 rings (SSSR count). The maximum atomic E-state index is 13.1. The van der Waals surface area contributed by atoms with Crippen molar-refractivity contribution in [2.45, 2.75) is 26.3 Å². The van der Waals surface area contributed by atoms with Gasteiger partial charge >= 0.3 is 5.97 Å². The summed E-state index contributed by atoms with van der Waals surface area (Å²) in [6.45, 7) is 2.74. The summed E-state index contributed by atoms with van der Waals surface area (Å²) in [6, 6.07) is 5.97. The van der Waals surface area contributed by atoms with Crippen LogP contribution in [0.1, 0.15) is 30.3 Å². The fraction of sp³-hybridized carbons (Fsp3) is 0.400. The number of carbonyl (C=O) groups excluding carboxylic acids is 1. The highest BCUT2D eigenvalue weighted by atomic mass is 19.1. The molecule has 1 aromatic carbocycles. The molecular formula is C15H16FN3O2. The van der Waals surface area contributed by atoms with Crippen LogP contribution in [-0.4, -0.2) is 27.6 Å². The Bertz CT molecular complexity index is 647. The van der Waals surface area contributed by atoms with E-state index in [0.29, 0.717) is 17.2 Å². The quantitative estimate of drug-likeness (QED) is 0.794. The molecule has 0 aliphatic heterocycles. The number of rotatable bonds is 5. The van der Waals surface area contributed by atoms with E-state index in [-0.39, 0.29) is 18.1 Å². The van der Waals surface area contributed by atoms with Gasteiger partial charge in [-0.15, -0.1) is 5.10 Å². The Morgan fingerprint density at radius 3 is 2.71 bits per heavy atom. The van der Waals surface area contributed by atoms with Crippen LogP contribution in [0.2, 0.25) is 0 Å². The Labute approximate surface area is 121 Å². The fourth-order valence-corrected chi connectivity index (χ4v) is 2.22. The van der Waals surface area contributed by atoms with Crippen molar-refractivity contribution < 1.29 is 13.9 Å². The van der Waals surface area contributed by atoms with Gasteiger partial charge in [0.25, 0.3) is 0 Å². The van der Waals surface area contributed by atoms with Crippen LogP contribution in [0.5, 0.6) is 0 Å². The van der Waals surface area contributed by atoms with Gasteiger partial charge in [-0.25, -0.2) is 13.9 Å². The lowest BCUT2D eigenvalue weighted by Crippen LogP contribution is -2.09. The van der Waals surface area contributed by atoms with Crippen LogP contribution in [0.15, 0.2) is 24.3 Å². The van der Waals surface area contributed by atoms with Gasteiger partial charge in [-0.05, 0) is 49.9 Å². The van der Waals surface area contributed by atoms with Crippen molar-refractivity contribution in [1.82, 2.24) is 15.0 Å². The number of carbonyl (C=O) groups is 1. The first-order valence-corrected chi connectivity index (χ1v) is 7.05. The lowest BCUT2D eigenvalue weighted by molar-refractivity contribution is 0.0520. The van der Waals surface area contributed by atoms with Gasteiger partial charge in [-0.3, -0.25) is 0 Å². The van der Waals surface area contributed by atoms with Crippen molar-refractivity contribution in [2.24, 2.45) is 5.92 Å². The zero-order valence-corrected chi connectivity index (χ0v) is 11.8. The Morgan fingerprint density at radius 2 is 2.10 bits per heavy atom. The van der Waals surface area contributed by atoms with E-state index in [1.807, 2.05) is 0 Å². The van der Waals surface area contributed by atoms with E-state index >= 15 is 0 Å². The highest BCUT2D eigenvalue weighted by Crippen LogP contribution is 2.33. The normalized spacial score (nSPS) is 14.2. The molecule has 0 unspecified atom stereocenters. The molecule has 1 aromatic heterocycles. The molecule has 21 heavy (non-hydrogen) atoms. The number of aromatic nitrogens is 3. The zero-order chi connectivity index (χ0) is 14.8. The molecule has 0 saturated heterocycles. The van der Waals surface area contributed by atoms with Crippen LogP contribution in [0.3, 0.4) is 0 Å². The number of halogens is 1. The van der Waals surface area contributed by atoms with Gasteiger partial charge in [-0.2, -0.15) is 0 Å². The first-order valence-electron chi connectivity index (χ1n) is 7.05. The maximum Gasteiger partial charge on any atom is 0.361 e. The van der Waals surface area contributed by atoms with Crippen molar-refractivity contribution in [3.8, 4) is 11.3 Å². The predicted molar refractivity (Wildman–Crippen MR) is 74.1 cm³/mol. The Hall–Kier alpha value is -2.24. The van der Waals surface area contributed by atoms with E-state index in [4.69, 9.17) is 4.74 Å². The van der Waals surface area contributed by atoms with Gasteiger partial charge in [0.1, 0.15) is 11.5 Å². The monoisotopic (exact) mass is 289 g/mol. The van der Waals surface area contributed by atoms with Crippen molar-refractivity contribution >= 4 is 5.97 Å². The second kappa shape index (κ2) is 5.63. The average Bonchev–Trinajstić information content (AvgIpc) is 3.18. The summed E-state index contributed by atoms with van der Waals surface area (Å²) >= 11 is 0. The minimum Gasteiger partial charge on any atom is -0.461 e. The van der Waals surface area contributed by atoms with Crippen LogP contribution < -0.4 is 0 Å². The highest BCUT2D eigenvalue weighted by Gasteiger charge is 2.27. The number of hydrogen-bond acceptors (Lipinski definition) is 4. The van der Waals surface area contributed by atoms with Crippen molar-refractivity contribution in [3.63, 3.8) is 0 Å². The number of nitrogens with zero attached hydrogens (tertiary/aromatic N) is 3. The number of esters is 1. The molecule has 0 N–H and O–H groups in total. The number of ether oxygens (including phenoxy) is 1. The maximum absolute atomic E-state index is 13.1. The highest BCUT2D eigenvalue weighted by molar-refractivity contribution is 5.94. The molecule has 1 heterocycles. The van der Waals surface area contributed by atoms with Crippen LogP contribution in [0, 0.1) is 11.7 Å². The van der Waals surface area contributed by atoms with Crippen molar-refractivity contribution in [1.29, 1.82) is 0 Å². The lowest BCUT2D eigenvalue weighted by Gasteiger charge is -2.07. The Kier molecular flexibility index (Phi) is 3.68. The number of hydrogen-bond donors (Lipinski definition) is 0. The molecule has 0 amide bonds. The molecule has 5 nitrogen and oxygen atoms in total. The van der Waals surface area contributed by atoms with E-state index in [9.17, 15) is 9.18 Å². The number of benzene rings is 1. The summed E-state index contributed by atoms with van der Waals surface area (Å²) in [5.74, 6) is -0.238. The molecule has 110 valence electrons. The molecule has 1 fully saturated rings. The van der Waals surface area contributed by atoms with Crippen LogP contribution in [0.25, 0.3) is 11.3 Å². The van der Waals surface area contributed by atoms with E-state index in [2.05, 4.69) is 10.3 Å². The zero-order valence-electron chi connectivity index (χ0n) is 11.8. The van der Waals surface area contributed by atoms with Gasteiger partial charge in [0, 0.05) is 12.1 Å². The third-order valence-corrected chi connectivity index (χ3v) is 3.45. The standard InChI is InChI=1S/C15H16FN3O2/c1-2-21-15(20)13-14(11-5-7-12(16)8-6-11)19(18-17-13)9-10-3-4-10/h5-8,10H,2-4,9H2,1H3. The fourth-order valence-electron chi connectivity index (χ4n) is 2.22. The van der Waals surface area contributed by atoms with Crippen molar-refractivity contribution in [3.05, 3.63) is 35.8 Å². The third kappa shape index (κ3) is 2.94. The first kappa shape index (κ1) is 13.7. The van der Waals surface area contributed by atoms with Crippen LogP contribution in [-0.2, 0) is 11.3 Å². The lowest BCUT2D eigenvalue weighted by atomic mass is 10.1. The average molecular weight is 289 g/mol. The minimum atomic E-state index is -0.501. The summed E-state index contributed by atoms with van der Waals surface area (Å²) in [5, 5.41) is 8.03. The first-order chi connectivity index (χ1) is 10.2. The van der Waals surface area contributed by atoms with E-state index in [1.54, 1.807) is 23.7 Å². The Balaban J connectivity index is 2.02. The van der Waals surface area contributed by atoms with Gasteiger partial charge in [0.05, 0.1) is 6.61 Å². The summed E-state index contributed by atoms with van der Waals surface area (Å²) < 4.78 is 19.8. The molecule has 0 bridgehead atoms. The molecule has 1 aliphatic carbocycles. The molecule has 0 radical (unpaired) electrons. The van der Waals surface area contributed by atoms with Gasteiger partial charge in [-0.1, -0.05) is 5.21 Å². The van der Waals surface area contributed by atoms with Gasteiger partial charge in [0.2, 0.25) is 0 Å². The second-order valence-electron chi connectivity index (χ2n) is 5.14. The summed E-state index contributed by atoms with van der Waals surface area (Å²) in [6.07, 6.45) is 2.33. The van der Waals surface area contributed by atoms with E-state index in [1.165, 1.54) is 12.1 Å². The second-order valence-corrected chi connectivity index (χ2v) is 5.14. The smallest absolute Gasteiger partial charge is 0.361 e. The summed E-state index contributed by atoms with van der Waals surface area (Å²) in [5.41, 5.74) is 1.49. The Morgan fingerprint density at radius 1 is 1.38 bits per heavy atom. The summed E-state index contributed by atoms with van der Waals surface area (Å²) in [7, 11) is 0. The molecule has 0 spiro atoms. The van der Waals surface area contributed by atoms with Gasteiger partial charge in [0.15, 0.2) is 5.69 Å². The third-order valence-electron chi connectivity index (χ3n) is 3.45. The molecule has 0 atom stereocenters. The molecule has 1 aliphatic rings. The topological polar surface area (TPSA) is 57.0 Å². The molecule has 2 aromatic rings. The van der Waals surface area contributed by atoms with Crippen LogP contribution in [0.4, 0.5) is 4.39 Å². The molecule has 1 saturated carbocycles. The summed E-state index contributed by atoms with van der Waals surface area (Å²) in [4.78, 5) is 12.0. The molecule has 6 heteroatoms. The largest absolute Gasteiger partial charge is 0.461 e. The van der Waals surface area contributed by atoms with Gasteiger partial charge < -0.3 is 4.74 Å². The van der Waals surface area contributed by atoms with E-state index in [0.717, 1.165) is 19.4 Å². The molecular weight excluding hydrogens is 273 g/mol. The minimum absolute atomic E-state index is 0.184. The van der Waals surface area contributed by atoms with Crippen molar-refractivity contribution in [2.75, 3.05) is 6.61 Å². The van der Waals surface area contributed by atoms with Crippen LogP contribution >= 0.6 is 0 Å². The predicted octanol–water partition coefficient (Wildman–Crippen LogP) is 2.67.